The van der Waals surface area contributed by atoms with Crippen LogP contribution in [0.15, 0.2) is 11.8 Å². The summed E-state index contributed by atoms with van der Waals surface area (Å²) in [4.78, 5) is 0. The van der Waals surface area contributed by atoms with Crippen LogP contribution in [0.25, 0.3) is 0 Å². The van der Waals surface area contributed by atoms with Crippen LogP contribution in [0.3, 0.4) is 0 Å². The van der Waals surface area contributed by atoms with Crippen LogP contribution in [0.4, 0.5) is 0 Å². The van der Waals surface area contributed by atoms with Gasteiger partial charge in [0.1, 0.15) is 0 Å². The molecule has 0 amide bonds. The summed E-state index contributed by atoms with van der Waals surface area (Å²) in [5.74, 6) is 0. The second-order valence-corrected chi connectivity index (χ2v) is 5.12. The molecule has 4 heteroatoms. The minimum atomic E-state index is -2.50. The standard InChI is InChI=1S/C10H22O3Si/c1-5-9-10-14(11-6-2,12-7-3)13-8-4/h9-10H,5-8H2,1-4H3/b10-9-. The van der Waals surface area contributed by atoms with Gasteiger partial charge in [-0.05, 0) is 32.9 Å². The van der Waals surface area contributed by atoms with Crippen LogP contribution >= 0.6 is 0 Å². The molecule has 0 spiro atoms. The van der Waals surface area contributed by atoms with Crippen LogP contribution in [0.5, 0.6) is 0 Å². The van der Waals surface area contributed by atoms with Gasteiger partial charge in [0.2, 0.25) is 0 Å². The Balaban J connectivity index is 4.45. The first-order valence-electron chi connectivity index (χ1n) is 5.34. The molecule has 14 heavy (non-hydrogen) atoms. The lowest BCUT2D eigenvalue weighted by Gasteiger charge is -2.25. The zero-order valence-corrected chi connectivity index (χ0v) is 10.7. The van der Waals surface area contributed by atoms with Crippen molar-refractivity contribution in [2.45, 2.75) is 34.1 Å². The lowest BCUT2D eigenvalue weighted by molar-refractivity contribution is 0.0842. The monoisotopic (exact) mass is 218 g/mol. The molecule has 0 aromatic carbocycles. The van der Waals surface area contributed by atoms with Crippen LogP contribution in [0.1, 0.15) is 34.1 Å². The lowest BCUT2D eigenvalue weighted by Crippen LogP contribution is -2.44. The Kier molecular flexibility index (Phi) is 8.08. The summed E-state index contributed by atoms with van der Waals surface area (Å²) in [6.45, 7) is 9.83. The summed E-state index contributed by atoms with van der Waals surface area (Å²) < 4.78 is 16.9. The van der Waals surface area contributed by atoms with E-state index >= 15 is 0 Å². The molecular weight excluding hydrogens is 196 g/mol. The van der Waals surface area contributed by atoms with E-state index in [1.165, 1.54) is 0 Å². The molecule has 0 bridgehead atoms. The third-order valence-corrected chi connectivity index (χ3v) is 4.31. The number of allylic oxidation sites excluding steroid dienone is 1. The second kappa shape index (κ2) is 8.17. The quantitative estimate of drug-likeness (QED) is 0.586. The summed E-state index contributed by atoms with van der Waals surface area (Å²) in [5.41, 5.74) is 1.98. The van der Waals surface area contributed by atoms with Gasteiger partial charge < -0.3 is 13.3 Å². The van der Waals surface area contributed by atoms with Crippen molar-refractivity contribution in [2.75, 3.05) is 19.8 Å². The fraction of sp³-hybridized carbons (Fsp3) is 0.800. The molecule has 0 aliphatic heterocycles. The SMILES string of the molecule is CC/C=C\[Si](OCC)(OCC)OCC. The fourth-order valence-corrected chi connectivity index (χ4v) is 3.41. The van der Waals surface area contributed by atoms with Crippen molar-refractivity contribution in [3.63, 3.8) is 0 Å². The van der Waals surface area contributed by atoms with Gasteiger partial charge in [-0.2, -0.15) is 0 Å². The summed E-state index contributed by atoms with van der Waals surface area (Å²) in [6.07, 6.45) is 3.02. The van der Waals surface area contributed by atoms with Gasteiger partial charge in [0.05, 0.1) is 0 Å². The third-order valence-electron chi connectivity index (χ3n) is 1.59. The Hall–Kier alpha value is -0.163. The molecule has 0 rings (SSSR count). The smallest absolute Gasteiger partial charge is 0.371 e. The molecule has 0 radical (unpaired) electrons. The predicted molar refractivity (Wildman–Crippen MR) is 60.1 cm³/mol. The minimum absolute atomic E-state index is 0.625. The Morgan fingerprint density at radius 3 is 1.57 bits per heavy atom. The van der Waals surface area contributed by atoms with Crippen LogP contribution in [0, 0.1) is 0 Å². The van der Waals surface area contributed by atoms with Gasteiger partial charge in [0, 0.05) is 19.8 Å². The highest BCUT2D eigenvalue weighted by atomic mass is 28.4. The molecule has 0 fully saturated rings. The van der Waals surface area contributed by atoms with Crippen molar-refractivity contribution < 1.29 is 13.3 Å². The summed E-state index contributed by atoms with van der Waals surface area (Å²) in [5, 5.41) is 0. The lowest BCUT2D eigenvalue weighted by atomic mass is 10.5. The second-order valence-electron chi connectivity index (χ2n) is 2.71. The highest BCUT2D eigenvalue weighted by Gasteiger charge is 2.37. The van der Waals surface area contributed by atoms with Crippen LogP contribution < -0.4 is 0 Å². The maximum atomic E-state index is 5.62. The maximum absolute atomic E-state index is 5.62. The van der Waals surface area contributed by atoms with Crippen LogP contribution in [0.2, 0.25) is 0 Å². The Bertz CT molecular complexity index is 142. The Morgan fingerprint density at radius 1 is 0.857 bits per heavy atom. The zero-order valence-electron chi connectivity index (χ0n) is 9.71. The van der Waals surface area contributed by atoms with Gasteiger partial charge >= 0.3 is 8.80 Å². The molecule has 0 aliphatic carbocycles. The number of rotatable bonds is 8. The average Bonchev–Trinajstić information content (AvgIpc) is 2.16. The van der Waals surface area contributed by atoms with E-state index in [1.807, 2.05) is 32.5 Å². The Morgan fingerprint density at radius 2 is 1.29 bits per heavy atom. The van der Waals surface area contributed by atoms with Gasteiger partial charge in [-0.15, -0.1) is 0 Å². The molecule has 0 aromatic heterocycles. The predicted octanol–water partition coefficient (Wildman–Crippen LogP) is 2.54. The van der Waals surface area contributed by atoms with Crippen molar-refractivity contribution in [1.29, 1.82) is 0 Å². The molecule has 0 saturated carbocycles. The third kappa shape index (κ3) is 4.90. The van der Waals surface area contributed by atoms with E-state index in [1.54, 1.807) is 0 Å². The van der Waals surface area contributed by atoms with E-state index in [4.69, 9.17) is 13.3 Å². The first-order valence-corrected chi connectivity index (χ1v) is 7.14. The summed E-state index contributed by atoms with van der Waals surface area (Å²) in [7, 11) is -2.50. The van der Waals surface area contributed by atoms with Gasteiger partial charge in [0.15, 0.2) is 0 Å². The largest absolute Gasteiger partial charge is 0.529 e. The van der Waals surface area contributed by atoms with Crippen LogP contribution in [-0.4, -0.2) is 28.6 Å². The average molecular weight is 218 g/mol. The molecule has 0 aliphatic rings. The molecule has 0 heterocycles. The summed E-state index contributed by atoms with van der Waals surface area (Å²) >= 11 is 0. The number of hydrogen-bond donors (Lipinski definition) is 0. The molecule has 84 valence electrons. The normalized spacial score (nSPS) is 12.6. The van der Waals surface area contributed by atoms with Gasteiger partial charge in [-0.1, -0.05) is 13.0 Å². The molecule has 0 unspecified atom stereocenters. The van der Waals surface area contributed by atoms with E-state index in [2.05, 4.69) is 6.92 Å². The van der Waals surface area contributed by atoms with E-state index in [0.29, 0.717) is 19.8 Å². The zero-order chi connectivity index (χ0) is 10.9. The molecule has 3 nitrogen and oxygen atoms in total. The van der Waals surface area contributed by atoms with E-state index < -0.39 is 8.80 Å². The first-order chi connectivity index (χ1) is 6.74. The highest BCUT2D eigenvalue weighted by molar-refractivity contribution is 6.66. The van der Waals surface area contributed by atoms with Crippen molar-refractivity contribution >= 4 is 8.80 Å². The van der Waals surface area contributed by atoms with Gasteiger partial charge in [0.25, 0.3) is 0 Å². The first kappa shape index (κ1) is 13.8. The van der Waals surface area contributed by atoms with Crippen LogP contribution in [-0.2, 0) is 13.3 Å². The minimum Gasteiger partial charge on any atom is -0.371 e. The van der Waals surface area contributed by atoms with Crippen molar-refractivity contribution in [3.8, 4) is 0 Å². The fourth-order valence-electron chi connectivity index (χ4n) is 1.14. The molecular formula is C10H22O3Si. The van der Waals surface area contributed by atoms with Gasteiger partial charge in [-0.3, -0.25) is 0 Å². The van der Waals surface area contributed by atoms with Crippen molar-refractivity contribution in [1.82, 2.24) is 0 Å². The number of hydrogen-bond acceptors (Lipinski definition) is 3. The molecule has 0 N–H and O–H groups in total. The molecule has 0 aromatic rings. The van der Waals surface area contributed by atoms with E-state index in [-0.39, 0.29) is 0 Å². The topological polar surface area (TPSA) is 27.7 Å². The highest BCUT2D eigenvalue weighted by Crippen LogP contribution is 2.12. The molecule has 0 atom stereocenters. The van der Waals surface area contributed by atoms with Gasteiger partial charge in [-0.25, -0.2) is 0 Å². The Labute approximate surface area is 88.4 Å². The maximum Gasteiger partial charge on any atom is 0.529 e. The van der Waals surface area contributed by atoms with Crippen molar-refractivity contribution in [2.24, 2.45) is 0 Å². The van der Waals surface area contributed by atoms with E-state index in [0.717, 1.165) is 6.42 Å². The van der Waals surface area contributed by atoms with E-state index in [9.17, 15) is 0 Å². The molecule has 0 saturated heterocycles. The summed E-state index contributed by atoms with van der Waals surface area (Å²) in [6, 6.07) is 0. The van der Waals surface area contributed by atoms with Crippen molar-refractivity contribution in [3.05, 3.63) is 11.8 Å².